The van der Waals surface area contributed by atoms with Crippen LogP contribution in [0, 0.1) is 5.92 Å². The van der Waals surface area contributed by atoms with Gasteiger partial charge in [-0.2, -0.15) is 0 Å². The Morgan fingerprint density at radius 1 is 1.33 bits per heavy atom. The summed E-state index contributed by atoms with van der Waals surface area (Å²) in [5.74, 6) is 1.35. The molecule has 0 aliphatic carbocycles. The summed E-state index contributed by atoms with van der Waals surface area (Å²) in [4.78, 5) is 14.2. The fraction of sp³-hybridized carbons (Fsp3) is 0.611. The van der Waals surface area contributed by atoms with Gasteiger partial charge in [0.2, 0.25) is 0 Å². The predicted octanol–water partition coefficient (Wildman–Crippen LogP) is 2.00. The molecule has 0 spiro atoms. The number of methoxy groups -OCH3 is 1. The van der Waals surface area contributed by atoms with Gasteiger partial charge in [0.25, 0.3) is 0 Å². The SMILES string of the molecule is COc1cccc(N2CC[C@@H](CNC(=O)NC[C@H]3CCCO3)C2)c1. The number of urea groups is 1. The van der Waals surface area contributed by atoms with Gasteiger partial charge in [-0.25, -0.2) is 4.79 Å². The highest BCUT2D eigenvalue weighted by atomic mass is 16.5. The molecule has 2 heterocycles. The van der Waals surface area contributed by atoms with Crippen LogP contribution < -0.4 is 20.3 Å². The first kappa shape index (κ1) is 16.9. The summed E-state index contributed by atoms with van der Waals surface area (Å²) >= 11 is 0. The minimum atomic E-state index is -0.0923. The van der Waals surface area contributed by atoms with Crippen LogP contribution in [0.4, 0.5) is 10.5 Å². The van der Waals surface area contributed by atoms with Crippen molar-refractivity contribution in [2.75, 3.05) is 44.8 Å². The lowest BCUT2D eigenvalue weighted by Gasteiger charge is -2.19. The Kier molecular flexibility index (Phi) is 5.80. The number of benzene rings is 1. The second-order valence-corrected chi connectivity index (χ2v) is 6.53. The highest BCUT2D eigenvalue weighted by Crippen LogP contribution is 2.26. The van der Waals surface area contributed by atoms with E-state index in [4.69, 9.17) is 9.47 Å². The fourth-order valence-corrected chi connectivity index (χ4v) is 3.35. The highest BCUT2D eigenvalue weighted by Gasteiger charge is 2.23. The Morgan fingerprint density at radius 3 is 3.00 bits per heavy atom. The van der Waals surface area contributed by atoms with Gasteiger partial charge in [-0.15, -0.1) is 0 Å². The lowest BCUT2D eigenvalue weighted by molar-refractivity contribution is 0.111. The molecule has 2 aliphatic rings. The smallest absolute Gasteiger partial charge is 0.314 e. The second-order valence-electron chi connectivity index (χ2n) is 6.53. The van der Waals surface area contributed by atoms with Crippen molar-refractivity contribution >= 4 is 11.7 Å². The average Bonchev–Trinajstić information content (AvgIpc) is 3.30. The molecule has 0 radical (unpaired) electrons. The van der Waals surface area contributed by atoms with Crippen molar-refractivity contribution in [3.63, 3.8) is 0 Å². The topological polar surface area (TPSA) is 62.8 Å². The number of hydrogen-bond donors (Lipinski definition) is 2. The van der Waals surface area contributed by atoms with Gasteiger partial charge < -0.3 is 25.0 Å². The van der Waals surface area contributed by atoms with Crippen LogP contribution in [-0.2, 0) is 4.74 Å². The molecule has 0 saturated carbocycles. The molecule has 2 N–H and O–H groups in total. The summed E-state index contributed by atoms with van der Waals surface area (Å²) in [7, 11) is 1.69. The number of hydrogen-bond acceptors (Lipinski definition) is 4. The molecule has 0 bridgehead atoms. The molecule has 6 heteroatoms. The number of anilines is 1. The average molecular weight is 333 g/mol. The van der Waals surface area contributed by atoms with Gasteiger partial charge in [0.15, 0.2) is 0 Å². The Labute approximate surface area is 143 Å². The number of nitrogens with one attached hydrogen (secondary N) is 2. The number of rotatable bonds is 6. The van der Waals surface area contributed by atoms with Crippen molar-refractivity contribution in [2.45, 2.75) is 25.4 Å². The Bertz CT molecular complexity index is 546. The monoisotopic (exact) mass is 333 g/mol. The summed E-state index contributed by atoms with van der Waals surface area (Å²) in [6, 6.07) is 8.04. The first-order valence-corrected chi connectivity index (χ1v) is 8.77. The van der Waals surface area contributed by atoms with E-state index in [1.165, 1.54) is 5.69 Å². The first-order chi connectivity index (χ1) is 11.7. The molecule has 1 aromatic carbocycles. The van der Waals surface area contributed by atoms with Crippen molar-refractivity contribution in [2.24, 2.45) is 5.92 Å². The van der Waals surface area contributed by atoms with Crippen LogP contribution >= 0.6 is 0 Å². The van der Waals surface area contributed by atoms with Gasteiger partial charge in [-0.05, 0) is 37.3 Å². The van der Waals surface area contributed by atoms with E-state index >= 15 is 0 Å². The quantitative estimate of drug-likeness (QED) is 0.836. The number of amides is 2. The fourth-order valence-electron chi connectivity index (χ4n) is 3.35. The van der Waals surface area contributed by atoms with E-state index < -0.39 is 0 Å². The third-order valence-corrected chi connectivity index (χ3v) is 4.77. The van der Waals surface area contributed by atoms with Crippen molar-refractivity contribution in [1.29, 1.82) is 0 Å². The molecular formula is C18H27N3O3. The molecule has 3 rings (SSSR count). The maximum Gasteiger partial charge on any atom is 0.314 e. The third-order valence-electron chi connectivity index (χ3n) is 4.77. The summed E-state index contributed by atoms with van der Waals surface area (Å²) in [5, 5.41) is 5.89. The minimum absolute atomic E-state index is 0.0923. The maximum absolute atomic E-state index is 11.9. The number of carbonyl (C=O) groups is 1. The van der Waals surface area contributed by atoms with Crippen molar-refractivity contribution in [3.8, 4) is 5.75 Å². The molecule has 2 atom stereocenters. The zero-order chi connectivity index (χ0) is 16.8. The van der Waals surface area contributed by atoms with Crippen LogP contribution in [0.25, 0.3) is 0 Å². The Balaban J connectivity index is 1.38. The van der Waals surface area contributed by atoms with Gasteiger partial charge in [0, 0.05) is 44.5 Å². The van der Waals surface area contributed by atoms with Crippen LogP contribution in [0.15, 0.2) is 24.3 Å². The van der Waals surface area contributed by atoms with Crippen LogP contribution in [-0.4, -0.2) is 52.0 Å². The van der Waals surface area contributed by atoms with E-state index in [1.807, 2.05) is 12.1 Å². The molecule has 2 fully saturated rings. The van der Waals surface area contributed by atoms with Crippen molar-refractivity contribution in [3.05, 3.63) is 24.3 Å². The summed E-state index contributed by atoms with van der Waals surface area (Å²) in [6.45, 7) is 4.09. The molecular weight excluding hydrogens is 306 g/mol. The lowest BCUT2D eigenvalue weighted by Crippen LogP contribution is -2.41. The molecule has 2 aliphatic heterocycles. The molecule has 24 heavy (non-hydrogen) atoms. The maximum atomic E-state index is 11.9. The van der Waals surface area contributed by atoms with Crippen LogP contribution in [0.5, 0.6) is 5.75 Å². The summed E-state index contributed by atoms with van der Waals surface area (Å²) < 4.78 is 10.8. The zero-order valence-corrected chi connectivity index (χ0v) is 14.3. The van der Waals surface area contributed by atoms with Crippen LogP contribution in [0.2, 0.25) is 0 Å². The van der Waals surface area contributed by atoms with Crippen molar-refractivity contribution in [1.82, 2.24) is 10.6 Å². The van der Waals surface area contributed by atoms with Gasteiger partial charge >= 0.3 is 6.03 Å². The van der Waals surface area contributed by atoms with Gasteiger partial charge in [-0.1, -0.05) is 6.07 Å². The van der Waals surface area contributed by atoms with Crippen molar-refractivity contribution < 1.29 is 14.3 Å². The largest absolute Gasteiger partial charge is 0.497 e. The van der Waals surface area contributed by atoms with E-state index in [0.717, 1.165) is 44.7 Å². The second kappa shape index (κ2) is 8.24. The summed E-state index contributed by atoms with van der Waals surface area (Å²) in [5.41, 5.74) is 1.18. The van der Waals surface area contributed by atoms with E-state index in [-0.39, 0.29) is 12.1 Å². The highest BCUT2D eigenvalue weighted by molar-refractivity contribution is 5.73. The van der Waals surface area contributed by atoms with Gasteiger partial charge in [-0.3, -0.25) is 0 Å². The molecule has 1 aromatic rings. The number of ether oxygens (including phenoxy) is 2. The van der Waals surface area contributed by atoms with E-state index in [0.29, 0.717) is 19.0 Å². The third kappa shape index (κ3) is 4.54. The normalized spacial score (nSPS) is 23.3. The molecule has 6 nitrogen and oxygen atoms in total. The number of carbonyl (C=O) groups excluding carboxylic acids is 1. The Hall–Kier alpha value is -1.95. The lowest BCUT2D eigenvalue weighted by atomic mass is 10.1. The first-order valence-electron chi connectivity index (χ1n) is 8.77. The van der Waals surface area contributed by atoms with Crippen LogP contribution in [0.3, 0.4) is 0 Å². The Morgan fingerprint density at radius 2 is 2.21 bits per heavy atom. The van der Waals surface area contributed by atoms with Gasteiger partial charge in [0.05, 0.1) is 13.2 Å². The van der Waals surface area contributed by atoms with Gasteiger partial charge in [0.1, 0.15) is 5.75 Å². The van der Waals surface area contributed by atoms with E-state index in [1.54, 1.807) is 7.11 Å². The molecule has 0 aromatic heterocycles. The number of nitrogens with zero attached hydrogens (tertiary/aromatic N) is 1. The minimum Gasteiger partial charge on any atom is -0.497 e. The molecule has 2 amide bonds. The van der Waals surface area contributed by atoms with Crippen LogP contribution in [0.1, 0.15) is 19.3 Å². The van der Waals surface area contributed by atoms with E-state index in [9.17, 15) is 4.79 Å². The summed E-state index contributed by atoms with van der Waals surface area (Å²) in [6.07, 6.45) is 3.41. The molecule has 0 unspecified atom stereocenters. The standard InChI is InChI=1S/C18H27N3O3/c1-23-16-5-2-4-15(10-16)21-8-7-14(13-21)11-19-18(22)20-12-17-6-3-9-24-17/h2,4-5,10,14,17H,3,6-9,11-13H2,1H3,(H2,19,20,22)/t14-,17+/m0/s1. The zero-order valence-electron chi connectivity index (χ0n) is 14.3. The molecule has 2 saturated heterocycles. The molecule has 132 valence electrons. The predicted molar refractivity (Wildman–Crippen MR) is 93.7 cm³/mol. The van der Waals surface area contributed by atoms with E-state index in [2.05, 4.69) is 27.7 Å².